The Morgan fingerprint density at radius 1 is 0.562 bits per heavy atom. The van der Waals surface area contributed by atoms with Crippen molar-refractivity contribution < 1.29 is 0 Å². The molecule has 0 spiro atoms. The van der Waals surface area contributed by atoms with E-state index in [4.69, 9.17) is 0 Å². The quantitative estimate of drug-likeness (QED) is 0.733. The summed E-state index contributed by atoms with van der Waals surface area (Å²) in [5.41, 5.74) is 0.567. The average molecular weight is 228 g/mol. The SMILES string of the molecule is CN(C)C([C@H](N(C)C)C(C)(C)C)C(C)(C)C. The van der Waals surface area contributed by atoms with E-state index in [1.807, 2.05) is 0 Å². The molecule has 2 atom stereocenters. The third-order valence-electron chi connectivity index (χ3n) is 3.19. The monoisotopic (exact) mass is 228 g/mol. The molecule has 0 aliphatic heterocycles. The van der Waals surface area contributed by atoms with E-state index in [0.29, 0.717) is 12.1 Å². The van der Waals surface area contributed by atoms with E-state index >= 15 is 0 Å². The summed E-state index contributed by atoms with van der Waals surface area (Å²) in [6, 6.07) is 1.09. The summed E-state index contributed by atoms with van der Waals surface area (Å²) in [7, 11) is 8.77. The zero-order valence-electron chi connectivity index (χ0n) is 13.0. The van der Waals surface area contributed by atoms with Gasteiger partial charge in [0.2, 0.25) is 0 Å². The van der Waals surface area contributed by atoms with Crippen molar-refractivity contribution in [2.24, 2.45) is 10.8 Å². The van der Waals surface area contributed by atoms with Gasteiger partial charge in [0.05, 0.1) is 0 Å². The minimum atomic E-state index is 0.283. The van der Waals surface area contributed by atoms with Crippen molar-refractivity contribution in [1.29, 1.82) is 0 Å². The van der Waals surface area contributed by atoms with Crippen LogP contribution in [0.15, 0.2) is 0 Å². The molecular weight excluding hydrogens is 196 g/mol. The summed E-state index contributed by atoms with van der Waals surface area (Å²) in [4.78, 5) is 4.74. The summed E-state index contributed by atoms with van der Waals surface area (Å²) in [5, 5.41) is 0. The van der Waals surface area contributed by atoms with Gasteiger partial charge in [0.25, 0.3) is 0 Å². The third-order valence-corrected chi connectivity index (χ3v) is 3.19. The predicted molar refractivity (Wildman–Crippen MR) is 73.9 cm³/mol. The lowest BCUT2D eigenvalue weighted by Crippen LogP contribution is -2.58. The average Bonchev–Trinajstić information content (AvgIpc) is 1.92. The largest absolute Gasteiger partial charge is 0.304 e. The first-order chi connectivity index (χ1) is 6.89. The molecule has 0 heterocycles. The second-order valence-electron chi connectivity index (χ2n) is 7.55. The fraction of sp³-hybridized carbons (Fsp3) is 1.00. The molecular formula is C14H32N2. The zero-order chi connectivity index (χ0) is 13.3. The summed E-state index contributed by atoms with van der Waals surface area (Å²) in [6.45, 7) is 14.0. The van der Waals surface area contributed by atoms with Crippen molar-refractivity contribution in [2.75, 3.05) is 28.2 Å². The van der Waals surface area contributed by atoms with E-state index in [1.165, 1.54) is 0 Å². The van der Waals surface area contributed by atoms with E-state index in [0.717, 1.165) is 0 Å². The first-order valence-corrected chi connectivity index (χ1v) is 6.22. The maximum Gasteiger partial charge on any atom is 0.0298 e. The van der Waals surface area contributed by atoms with E-state index in [-0.39, 0.29) is 10.8 Å². The molecule has 0 rings (SSSR count). The topological polar surface area (TPSA) is 6.48 Å². The highest BCUT2D eigenvalue weighted by atomic mass is 15.2. The minimum absolute atomic E-state index is 0.283. The number of hydrogen-bond donors (Lipinski definition) is 0. The molecule has 0 fully saturated rings. The Kier molecular flexibility index (Phi) is 5.03. The molecule has 98 valence electrons. The molecule has 2 nitrogen and oxygen atoms in total. The molecule has 1 unspecified atom stereocenters. The normalized spacial score (nSPS) is 18.0. The van der Waals surface area contributed by atoms with Crippen molar-refractivity contribution in [2.45, 2.75) is 53.6 Å². The van der Waals surface area contributed by atoms with Crippen LogP contribution in [0.4, 0.5) is 0 Å². The molecule has 0 N–H and O–H groups in total. The maximum atomic E-state index is 2.37. The Morgan fingerprint density at radius 2 is 0.750 bits per heavy atom. The highest BCUT2D eigenvalue weighted by molar-refractivity contribution is 4.96. The van der Waals surface area contributed by atoms with Crippen LogP contribution in [0, 0.1) is 10.8 Å². The Bertz CT molecular complexity index is 182. The minimum Gasteiger partial charge on any atom is -0.304 e. The van der Waals surface area contributed by atoms with Crippen molar-refractivity contribution in [3.05, 3.63) is 0 Å². The zero-order valence-corrected chi connectivity index (χ0v) is 13.0. The van der Waals surface area contributed by atoms with Crippen LogP contribution in [0.3, 0.4) is 0 Å². The van der Waals surface area contributed by atoms with E-state index in [9.17, 15) is 0 Å². The van der Waals surface area contributed by atoms with Gasteiger partial charge in [0.1, 0.15) is 0 Å². The molecule has 0 bridgehead atoms. The number of nitrogens with zero attached hydrogens (tertiary/aromatic N) is 2. The Hall–Kier alpha value is -0.0800. The summed E-state index contributed by atoms with van der Waals surface area (Å²) >= 11 is 0. The smallest absolute Gasteiger partial charge is 0.0298 e. The molecule has 0 aromatic rings. The van der Waals surface area contributed by atoms with Gasteiger partial charge in [0.15, 0.2) is 0 Å². The van der Waals surface area contributed by atoms with Crippen molar-refractivity contribution >= 4 is 0 Å². The van der Waals surface area contributed by atoms with Gasteiger partial charge in [-0.25, -0.2) is 0 Å². The van der Waals surface area contributed by atoms with Gasteiger partial charge in [-0.3, -0.25) is 0 Å². The van der Waals surface area contributed by atoms with Gasteiger partial charge in [-0.1, -0.05) is 41.5 Å². The van der Waals surface area contributed by atoms with Crippen LogP contribution in [0.1, 0.15) is 41.5 Å². The van der Waals surface area contributed by atoms with E-state index in [2.05, 4.69) is 79.5 Å². The van der Waals surface area contributed by atoms with Gasteiger partial charge < -0.3 is 9.80 Å². The van der Waals surface area contributed by atoms with Crippen LogP contribution in [0.2, 0.25) is 0 Å². The lowest BCUT2D eigenvalue weighted by atomic mass is 9.71. The van der Waals surface area contributed by atoms with E-state index < -0.39 is 0 Å². The van der Waals surface area contributed by atoms with Gasteiger partial charge in [-0.15, -0.1) is 0 Å². The van der Waals surface area contributed by atoms with Crippen LogP contribution in [-0.4, -0.2) is 50.1 Å². The predicted octanol–water partition coefficient (Wildman–Crippen LogP) is 2.94. The molecule has 0 aliphatic carbocycles. The Labute approximate surface area is 103 Å². The highest BCUT2D eigenvalue weighted by Gasteiger charge is 2.41. The number of hydrogen-bond acceptors (Lipinski definition) is 2. The van der Waals surface area contributed by atoms with Gasteiger partial charge >= 0.3 is 0 Å². The molecule has 0 amide bonds. The Morgan fingerprint density at radius 3 is 0.812 bits per heavy atom. The fourth-order valence-corrected chi connectivity index (χ4v) is 3.06. The van der Waals surface area contributed by atoms with Gasteiger partial charge in [-0.2, -0.15) is 0 Å². The fourth-order valence-electron chi connectivity index (χ4n) is 3.06. The number of rotatable bonds is 3. The summed E-state index contributed by atoms with van der Waals surface area (Å²) < 4.78 is 0. The molecule has 16 heavy (non-hydrogen) atoms. The van der Waals surface area contributed by atoms with Crippen LogP contribution < -0.4 is 0 Å². The summed E-state index contributed by atoms with van der Waals surface area (Å²) in [6.07, 6.45) is 0. The van der Waals surface area contributed by atoms with Crippen LogP contribution >= 0.6 is 0 Å². The molecule has 0 saturated heterocycles. The van der Waals surface area contributed by atoms with Crippen LogP contribution in [0.25, 0.3) is 0 Å². The van der Waals surface area contributed by atoms with Crippen molar-refractivity contribution in [3.8, 4) is 0 Å². The first-order valence-electron chi connectivity index (χ1n) is 6.22. The van der Waals surface area contributed by atoms with Crippen LogP contribution in [-0.2, 0) is 0 Å². The second kappa shape index (κ2) is 5.05. The Balaban J connectivity index is 5.30. The van der Waals surface area contributed by atoms with E-state index in [1.54, 1.807) is 0 Å². The molecule has 0 radical (unpaired) electrons. The highest BCUT2D eigenvalue weighted by Crippen LogP contribution is 2.35. The first kappa shape index (κ1) is 15.9. The van der Waals surface area contributed by atoms with Crippen LogP contribution in [0.5, 0.6) is 0 Å². The summed E-state index contributed by atoms with van der Waals surface area (Å²) in [5.74, 6) is 0. The molecule has 0 aliphatic rings. The second-order valence-corrected chi connectivity index (χ2v) is 7.55. The maximum absolute atomic E-state index is 2.37. The van der Waals surface area contributed by atoms with Gasteiger partial charge in [-0.05, 0) is 39.0 Å². The van der Waals surface area contributed by atoms with Crippen molar-refractivity contribution in [3.63, 3.8) is 0 Å². The van der Waals surface area contributed by atoms with Gasteiger partial charge in [0, 0.05) is 12.1 Å². The number of likely N-dealkylation sites (N-methyl/N-ethyl adjacent to an activating group) is 2. The van der Waals surface area contributed by atoms with Crippen molar-refractivity contribution in [1.82, 2.24) is 9.80 Å². The lowest BCUT2D eigenvalue weighted by molar-refractivity contribution is 0.00872. The third kappa shape index (κ3) is 4.06. The molecule has 0 aromatic carbocycles. The molecule has 2 heteroatoms. The standard InChI is InChI=1S/C14H32N2/c1-13(2,3)11(15(7)8)12(16(9)10)14(4,5)6/h11-12H,1-10H3/t11-,12?/m0/s1. The molecule has 0 aromatic heterocycles. The lowest BCUT2D eigenvalue weighted by Gasteiger charge is -2.49. The molecule has 0 saturated carbocycles.